The Morgan fingerprint density at radius 3 is 0.947 bits per heavy atom. The third-order valence-electron chi connectivity index (χ3n) is 5.18. The molecule has 0 heterocycles. The zero-order valence-electron chi connectivity index (χ0n) is 13.9. The van der Waals surface area contributed by atoms with Gasteiger partial charge in [-0.15, -0.1) is 0 Å². The maximum absolute atomic E-state index is 2.42. The molecule has 2 aliphatic carbocycles. The summed E-state index contributed by atoms with van der Waals surface area (Å²) >= 11 is 0. The largest absolute Gasteiger partial charge is 0.0625 e. The molecule has 0 saturated heterocycles. The van der Waals surface area contributed by atoms with Gasteiger partial charge in [0.15, 0.2) is 0 Å². The van der Waals surface area contributed by atoms with E-state index in [4.69, 9.17) is 0 Å². The quantitative estimate of drug-likeness (QED) is 0.443. The second-order valence-corrected chi connectivity index (χ2v) is 7.52. The van der Waals surface area contributed by atoms with E-state index in [1.54, 1.807) is 0 Å². The van der Waals surface area contributed by atoms with Crippen LogP contribution in [0.3, 0.4) is 0 Å². The van der Waals surface area contributed by atoms with Crippen LogP contribution in [0.15, 0.2) is 0 Å². The molecule has 0 bridgehead atoms. The van der Waals surface area contributed by atoms with Gasteiger partial charge in [-0.1, -0.05) is 104 Å². The predicted octanol–water partition coefficient (Wildman–Crippen LogP) is 6.98. The van der Waals surface area contributed by atoms with Crippen molar-refractivity contribution in [2.45, 2.75) is 104 Å². The van der Waals surface area contributed by atoms with Gasteiger partial charge in [0.2, 0.25) is 0 Å². The molecule has 2 atom stereocenters. The molecular weight excluding hydrogens is 228 g/mol. The van der Waals surface area contributed by atoms with Crippen molar-refractivity contribution in [2.75, 3.05) is 0 Å². The molecule has 2 unspecified atom stereocenters. The van der Waals surface area contributed by atoms with E-state index < -0.39 is 0 Å². The predicted molar refractivity (Wildman–Crippen MR) is 87.5 cm³/mol. The van der Waals surface area contributed by atoms with E-state index in [1.807, 2.05) is 0 Å². The van der Waals surface area contributed by atoms with E-state index in [9.17, 15) is 0 Å². The monoisotopic (exact) mass is 266 g/mol. The van der Waals surface area contributed by atoms with Gasteiger partial charge >= 0.3 is 0 Å². The second-order valence-electron chi connectivity index (χ2n) is 7.52. The lowest BCUT2D eigenvalue weighted by molar-refractivity contribution is 0.367. The van der Waals surface area contributed by atoms with Gasteiger partial charge in [-0.25, -0.2) is 0 Å². The average Bonchev–Trinajstić information content (AvgIpc) is 2.40. The molecule has 2 aliphatic rings. The van der Waals surface area contributed by atoms with Crippen LogP contribution in [0.4, 0.5) is 0 Å². The molecule has 0 amide bonds. The highest BCUT2D eigenvalue weighted by molar-refractivity contribution is 4.61. The normalized spacial score (nSPS) is 31.1. The van der Waals surface area contributed by atoms with Gasteiger partial charge in [-0.2, -0.15) is 0 Å². The van der Waals surface area contributed by atoms with Crippen molar-refractivity contribution in [3.8, 4) is 0 Å². The van der Waals surface area contributed by atoms with Crippen molar-refractivity contribution in [2.24, 2.45) is 17.8 Å². The molecule has 0 aromatic rings. The van der Waals surface area contributed by atoms with Crippen molar-refractivity contribution in [3.63, 3.8) is 0 Å². The molecule has 0 heteroatoms. The molecule has 2 fully saturated rings. The molecule has 0 spiro atoms. The highest BCUT2D eigenvalue weighted by atomic mass is 14.1. The fourth-order valence-electron chi connectivity index (χ4n) is 3.57. The number of hydrogen-bond donors (Lipinski definition) is 0. The fourth-order valence-corrected chi connectivity index (χ4v) is 3.57. The fraction of sp³-hybridized carbons (Fsp3) is 1.00. The maximum Gasteiger partial charge on any atom is -0.0443 e. The first kappa shape index (κ1) is 17.1. The van der Waals surface area contributed by atoms with E-state index in [2.05, 4.69) is 20.8 Å². The van der Waals surface area contributed by atoms with Crippen molar-refractivity contribution < 1.29 is 0 Å². The lowest BCUT2D eigenvalue weighted by Gasteiger charge is -2.17. The molecule has 0 aromatic heterocycles. The van der Waals surface area contributed by atoms with Gasteiger partial charge < -0.3 is 0 Å². The van der Waals surface area contributed by atoms with Crippen LogP contribution in [0.2, 0.25) is 0 Å². The highest BCUT2D eigenvalue weighted by Gasteiger charge is 2.08. The lowest BCUT2D eigenvalue weighted by Crippen LogP contribution is -2.01. The van der Waals surface area contributed by atoms with Crippen molar-refractivity contribution >= 4 is 0 Å². The molecule has 0 aliphatic heterocycles. The van der Waals surface area contributed by atoms with Gasteiger partial charge in [-0.05, 0) is 17.8 Å². The maximum atomic E-state index is 2.42. The Morgan fingerprint density at radius 2 is 0.632 bits per heavy atom. The zero-order chi connectivity index (χ0) is 13.9. The molecule has 2 rings (SSSR count). The van der Waals surface area contributed by atoms with Crippen LogP contribution in [-0.2, 0) is 0 Å². The van der Waals surface area contributed by atoms with Crippen molar-refractivity contribution in [1.29, 1.82) is 0 Å². The lowest BCUT2D eigenvalue weighted by atomic mass is 9.90. The molecule has 0 nitrogen and oxygen atoms in total. The van der Waals surface area contributed by atoms with E-state index in [0.29, 0.717) is 0 Å². The van der Waals surface area contributed by atoms with Gasteiger partial charge in [0.25, 0.3) is 0 Å². The van der Waals surface area contributed by atoms with Gasteiger partial charge in [0.1, 0.15) is 0 Å². The molecule has 0 N–H and O–H groups in total. The Labute approximate surface area is 122 Å². The summed E-state index contributed by atoms with van der Waals surface area (Å²) in [5, 5.41) is 0. The summed E-state index contributed by atoms with van der Waals surface area (Å²) < 4.78 is 0. The summed E-state index contributed by atoms with van der Waals surface area (Å²) in [7, 11) is 0. The van der Waals surface area contributed by atoms with E-state index in [0.717, 1.165) is 17.8 Å². The van der Waals surface area contributed by atoms with Crippen molar-refractivity contribution in [1.82, 2.24) is 0 Å². The van der Waals surface area contributed by atoms with Crippen LogP contribution in [-0.4, -0.2) is 0 Å². The summed E-state index contributed by atoms with van der Waals surface area (Å²) in [5.41, 5.74) is 0. The van der Waals surface area contributed by atoms with Gasteiger partial charge in [0.05, 0.1) is 0 Å². The summed E-state index contributed by atoms with van der Waals surface area (Å²) in [4.78, 5) is 0. The van der Waals surface area contributed by atoms with Crippen LogP contribution in [0, 0.1) is 17.8 Å². The molecule has 0 aromatic carbocycles. The van der Waals surface area contributed by atoms with Crippen LogP contribution in [0.5, 0.6) is 0 Å². The van der Waals surface area contributed by atoms with Crippen LogP contribution in [0.1, 0.15) is 104 Å². The topological polar surface area (TPSA) is 0 Å². The first-order valence-electron chi connectivity index (χ1n) is 9.18. The SMILES string of the molecule is CC1CCCCC1.CC1CCCCCC(C)CCC1. The smallest absolute Gasteiger partial charge is 0.0443 e. The molecule has 19 heavy (non-hydrogen) atoms. The Hall–Kier alpha value is 0. The van der Waals surface area contributed by atoms with Crippen LogP contribution < -0.4 is 0 Å². The summed E-state index contributed by atoms with van der Waals surface area (Å²) in [6.45, 7) is 7.21. The van der Waals surface area contributed by atoms with Gasteiger partial charge in [-0.3, -0.25) is 0 Å². The number of hydrogen-bond acceptors (Lipinski definition) is 0. The molecule has 0 radical (unpaired) electrons. The van der Waals surface area contributed by atoms with Crippen molar-refractivity contribution in [3.05, 3.63) is 0 Å². The minimum absolute atomic E-state index is 0.996. The van der Waals surface area contributed by atoms with Crippen LogP contribution in [0.25, 0.3) is 0 Å². The third kappa shape index (κ3) is 9.52. The van der Waals surface area contributed by atoms with Gasteiger partial charge in [0, 0.05) is 0 Å². The Balaban J connectivity index is 0.000000218. The zero-order valence-corrected chi connectivity index (χ0v) is 13.9. The summed E-state index contributed by atoms with van der Waals surface area (Å²) in [6.07, 6.45) is 19.3. The average molecular weight is 267 g/mol. The van der Waals surface area contributed by atoms with E-state index in [-0.39, 0.29) is 0 Å². The Morgan fingerprint density at radius 1 is 0.368 bits per heavy atom. The van der Waals surface area contributed by atoms with Crippen LogP contribution >= 0.6 is 0 Å². The molecule has 2 saturated carbocycles. The molecular formula is C19H38. The third-order valence-corrected chi connectivity index (χ3v) is 5.18. The standard InChI is InChI=1S/C12H24.C7H14/c1-11-7-4-3-5-8-12(2)10-6-9-11;1-7-5-3-2-4-6-7/h11-12H,3-10H2,1-2H3;7H,2-6H2,1H3. The minimum atomic E-state index is 0.996. The first-order valence-corrected chi connectivity index (χ1v) is 9.18. The molecule has 114 valence electrons. The summed E-state index contributed by atoms with van der Waals surface area (Å²) in [5.74, 6) is 3.03. The summed E-state index contributed by atoms with van der Waals surface area (Å²) in [6, 6.07) is 0. The second kappa shape index (κ2) is 10.7. The Bertz CT molecular complexity index is 178. The van der Waals surface area contributed by atoms with E-state index in [1.165, 1.54) is 83.5 Å². The highest BCUT2D eigenvalue weighted by Crippen LogP contribution is 2.23. The Kier molecular flexibility index (Phi) is 9.65. The van der Waals surface area contributed by atoms with E-state index >= 15 is 0 Å². The first-order chi connectivity index (χ1) is 9.18. The minimum Gasteiger partial charge on any atom is -0.0625 e. The number of rotatable bonds is 0.